The van der Waals surface area contributed by atoms with Gasteiger partial charge in [-0.1, -0.05) is 30.3 Å². The van der Waals surface area contributed by atoms with Gasteiger partial charge >= 0.3 is 0 Å². The van der Waals surface area contributed by atoms with Gasteiger partial charge in [0.2, 0.25) is 0 Å². The van der Waals surface area contributed by atoms with E-state index in [0.29, 0.717) is 13.2 Å². The third-order valence-corrected chi connectivity index (χ3v) is 4.04. The van der Waals surface area contributed by atoms with Gasteiger partial charge in [-0.2, -0.15) is 5.10 Å². The highest BCUT2D eigenvalue weighted by atomic mass is 16.5. The normalized spacial score (nSPS) is 13.5. The fourth-order valence-electron chi connectivity index (χ4n) is 2.80. The smallest absolute Gasteiger partial charge is 0.251 e. The summed E-state index contributed by atoms with van der Waals surface area (Å²) >= 11 is 0. The Morgan fingerprint density at radius 1 is 1.08 bits per heavy atom. The molecule has 2 aromatic carbocycles. The van der Waals surface area contributed by atoms with Gasteiger partial charge < -0.3 is 9.64 Å². The molecule has 3 aromatic rings. The Balaban J connectivity index is 1.51. The molecule has 2 heterocycles. The van der Waals surface area contributed by atoms with E-state index in [9.17, 15) is 4.79 Å². The van der Waals surface area contributed by atoms with Crippen molar-refractivity contribution in [1.82, 2.24) is 9.78 Å². The number of fused-ring (bicyclic) bond motifs is 1. The molecule has 1 amide bonds. The lowest BCUT2D eigenvalue weighted by molar-refractivity contribution is -0.114. The number of rotatable bonds is 3. The van der Waals surface area contributed by atoms with E-state index in [1.54, 1.807) is 27.9 Å². The van der Waals surface area contributed by atoms with Crippen molar-refractivity contribution in [2.75, 3.05) is 18.1 Å². The van der Waals surface area contributed by atoms with Gasteiger partial charge in [0.25, 0.3) is 5.91 Å². The van der Waals surface area contributed by atoms with Crippen LogP contribution in [0.1, 0.15) is 5.56 Å². The fourth-order valence-corrected chi connectivity index (χ4v) is 2.80. The molecule has 1 aromatic heterocycles. The lowest BCUT2D eigenvalue weighted by Gasteiger charge is -2.28. The topological polar surface area (TPSA) is 47.4 Å². The number of para-hydroxylation sites is 3. The molecule has 0 atom stereocenters. The molecule has 0 saturated heterocycles. The van der Waals surface area contributed by atoms with Crippen LogP contribution in [0.15, 0.2) is 73.1 Å². The molecular weight excluding hydrogens is 314 g/mol. The van der Waals surface area contributed by atoms with Gasteiger partial charge in [0.05, 0.1) is 24.1 Å². The van der Waals surface area contributed by atoms with Gasteiger partial charge in [-0.05, 0) is 30.3 Å². The average molecular weight is 331 g/mol. The van der Waals surface area contributed by atoms with Crippen LogP contribution in [0.2, 0.25) is 0 Å². The number of benzene rings is 2. The van der Waals surface area contributed by atoms with E-state index in [1.165, 1.54) is 0 Å². The number of carbonyl (C=O) groups is 1. The lowest BCUT2D eigenvalue weighted by Crippen LogP contribution is -2.36. The molecule has 0 saturated carbocycles. The van der Waals surface area contributed by atoms with Crippen molar-refractivity contribution in [3.05, 3.63) is 78.6 Å². The van der Waals surface area contributed by atoms with Gasteiger partial charge in [0.15, 0.2) is 0 Å². The summed E-state index contributed by atoms with van der Waals surface area (Å²) in [5, 5.41) is 4.33. The molecule has 0 spiro atoms. The van der Waals surface area contributed by atoms with Crippen LogP contribution in [0.25, 0.3) is 11.8 Å². The van der Waals surface area contributed by atoms with Gasteiger partial charge in [-0.25, -0.2) is 4.68 Å². The first-order valence-electron chi connectivity index (χ1n) is 8.13. The zero-order valence-electron chi connectivity index (χ0n) is 13.6. The molecule has 1 aliphatic heterocycles. The number of aromatic nitrogens is 2. The first kappa shape index (κ1) is 15.2. The Kier molecular flexibility index (Phi) is 4.04. The summed E-state index contributed by atoms with van der Waals surface area (Å²) in [4.78, 5) is 14.3. The molecule has 0 radical (unpaired) electrons. The monoisotopic (exact) mass is 331 g/mol. The van der Waals surface area contributed by atoms with Gasteiger partial charge in [0, 0.05) is 17.8 Å². The largest absolute Gasteiger partial charge is 0.490 e. The van der Waals surface area contributed by atoms with Crippen molar-refractivity contribution in [3.8, 4) is 11.4 Å². The Morgan fingerprint density at radius 3 is 2.76 bits per heavy atom. The second-order valence-electron chi connectivity index (χ2n) is 5.69. The van der Waals surface area contributed by atoms with E-state index in [4.69, 9.17) is 4.74 Å². The van der Waals surface area contributed by atoms with Crippen molar-refractivity contribution < 1.29 is 9.53 Å². The van der Waals surface area contributed by atoms with Gasteiger partial charge in [0.1, 0.15) is 12.4 Å². The zero-order valence-corrected chi connectivity index (χ0v) is 13.6. The van der Waals surface area contributed by atoms with Gasteiger partial charge in [-0.15, -0.1) is 0 Å². The predicted molar refractivity (Wildman–Crippen MR) is 96.9 cm³/mol. The zero-order chi connectivity index (χ0) is 17.1. The molecule has 25 heavy (non-hydrogen) atoms. The highest BCUT2D eigenvalue weighted by molar-refractivity contribution is 6.04. The summed E-state index contributed by atoms with van der Waals surface area (Å²) in [5.41, 5.74) is 2.66. The van der Waals surface area contributed by atoms with Crippen LogP contribution < -0.4 is 9.64 Å². The number of carbonyl (C=O) groups excluding carboxylic acids is 1. The number of nitrogens with zero attached hydrogens (tertiary/aromatic N) is 3. The van der Waals surface area contributed by atoms with E-state index in [2.05, 4.69) is 5.10 Å². The van der Waals surface area contributed by atoms with Crippen molar-refractivity contribution in [1.29, 1.82) is 0 Å². The van der Waals surface area contributed by atoms with Crippen LogP contribution in [0, 0.1) is 0 Å². The minimum absolute atomic E-state index is 0.0665. The quantitative estimate of drug-likeness (QED) is 0.692. The van der Waals surface area contributed by atoms with Gasteiger partial charge in [-0.3, -0.25) is 4.79 Å². The molecule has 1 aliphatic rings. The third-order valence-electron chi connectivity index (χ3n) is 4.04. The minimum Gasteiger partial charge on any atom is -0.490 e. The molecule has 124 valence electrons. The van der Waals surface area contributed by atoms with Crippen LogP contribution in [0.3, 0.4) is 0 Å². The number of hydrogen-bond acceptors (Lipinski definition) is 3. The standard InChI is InChI=1S/C20H17N3O2/c24-20(22-12-13-25-19-9-5-4-8-18(19)22)11-10-16-14-21-23(15-16)17-6-2-1-3-7-17/h1-11,14-15H,12-13H2. The average Bonchev–Trinajstić information content (AvgIpc) is 3.15. The van der Waals surface area contributed by atoms with E-state index in [0.717, 1.165) is 22.7 Å². The summed E-state index contributed by atoms with van der Waals surface area (Å²) in [6.45, 7) is 1.05. The molecule has 5 nitrogen and oxygen atoms in total. The van der Waals surface area contributed by atoms with Crippen LogP contribution in [-0.4, -0.2) is 28.8 Å². The second kappa shape index (κ2) is 6.65. The van der Waals surface area contributed by atoms with Crippen LogP contribution >= 0.6 is 0 Å². The lowest BCUT2D eigenvalue weighted by atomic mass is 10.2. The fraction of sp³-hybridized carbons (Fsp3) is 0.100. The highest BCUT2D eigenvalue weighted by Gasteiger charge is 2.21. The van der Waals surface area contributed by atoms with Crippen molar-refractivity contribution in [3.63, 3.8) is 0 Å². The molecule has 0 unspecified atom stereocenters. The molecule has 0 fully saturated rings. The maximum Gasteiger partial charge on any atom is 0.251 e. The van der Waals surface area contributed by atoms with Crippen molar-refractivity contribution in [2.45, 2.75) is 0 Å². The van der Waals surface area contributed by atoms with Crippen LogP contribution in [0.5, 0.6) is 5.75 Å². The summed E-state index contributed by atoms with van der Waals surface area (Å²) in [5.74, 6) is 0.676. The molecule has 4 rings (SSSR count). The van der Waals surface area contributed by atoms with E-state index < -0.39 is 0 Å². The minimum atomic E-state index is -0.0665. The van der Waals surface area contributed by atoms with Crippen molar-refractivity contribution in [2.24, 2.45) is 0 Å². The third kappa shape index (κ3) is 3.17. The Bertz CT molecular complexity index is 915. The first-order valence-corrected chi connectivity index (χ1v) is 8.13. The summed E-state index contributed by atoms with van der Waals surface area (Å²) < 4.78 is 7.37. The van der Waals surface area contributed by atoms with E-state index in [1.807, 2.05) is 60.8 Å². The number of anilines is 1. The molecular formula is C20H17N3O2. The summed E-state index contributed by atoms with van der Waals surface area (Å²) in [6, 6.07) is 17.4. The number of ether oxygens (including phenoxy) is 1. The maximum atomic E-state index is 12.6. The van der Waals surface area contributed by atoms with E-state index >= 15 is 0 Å². The molecule has 5 heteroatoms. The Morgan fingerprint density at radius 2 is 1.88 bits per heavy atom. The van der Waals surface area contributed by atoms with Crippen LogP contribution in [0.4, 0.5) is 5.69 Å². The van der Waals surface area contributed by atoms with Crippen molar-refractivity contribution >= 4 is 17.7 Å². The summed E-state index contributed by atoms with van der Waals surface area (Å²) in [6.07, 6.45) is 7.00. The second-order valence-corrected chi connectivity index (χ2v) is 5.69. The molecule has 0 bridgehead atoms. The Hall–Kier alpha value is -3.34. The highest BCUT2D eigenvalue weighted by Crippen LogP contribution is 2.31. The molecule has 0 N–H and O–H groups in total. The maximum absolute atomic E-state index is 12.6. The van der Waals surface area contributed by atoms with E-state index in [-0.39, 0.29) is 5.91 Å². The van der Waals surface area contributed by atoms with Crippen LogP contribution in [-0.2, 0) is 4.79 Å². The number of hydrogen-bond donors (Lipinski definition) is 0. The first-order chi connectivity index (χ1) is 12.3. The Labute approximate surface area is 145 Å². The molecule has 0 aliphatic carbocycles. The number of amides is 1. The SMILES string of the molecule is O=C(C=Cc1cnn(-c2ccccc2)c1)N1CCOc2ccccc21. The predicted octanol–water partition coefficient (Wildman–Crippen LogP) is 3.31. The summed E-state index contributed by atoms with van der Waals surface area (Å²) in [7, 11) is 0.